The minimum atomic E-state index is -0.167. The van der Waals surface area contributed by atoms with Gasteiger partial charge in [-0.3, -0.25) is 4.79 Å². The molecule has 7 heteroatoms. The molecule has 22 heavy (non-hydrogen) atoms. The van der Waals surface area contributed by atoms with Gasteiger partial charge in [0.1, 0.15) is 0 Å². The van der Waals surface area contributed by atoms with Crippen molar-refractivity contribution in [3.05, 3.63) is 29.8 Å². The first-order valence-corrected chi connectivity index (χ1v) is 8.76. The van der Waals surface area contributed by atoms with Crippen LogP contribution in [0.5, 0.6) is 0 Å². The number of anilines is 2. The van der Waals surface area contributed by atoms with Gasteiger partial charge in [-0.25, -0.2) is 0 Å². The maximum atomic E-state index is 11.9. The second-order valence-electron chi connectivity index (χ2n) is 5.04. The first kappa shape index (κ1) is 16.8. The first-order chi connectivity index (χ1) is 10.5. The average Bonchev–Trinajstić information content (AvgIpc) is 2.94. The van der Waals surface area contributed by atoms with E-state index in [4.69, 9.17) is 0 Å². The molecule has 5 nitrogen and oxygen atoms in total. The molecule has 1 atom stereocenters. The third kappa shape index (κ3) is 4.45. The van der Waals surface area contributed by atoms with Crippen molar-refractivity contribution in [3.8, 4) is 0 Å². The number of nitrogens with zero attached hydrogens (tertiary/aromatic N) is 3. The SMILES string of the molecule is CCc1ccc(Nc2nnc(S[C@H](C)C(=O)N(C)C)s2)cc1. The summed E-state index contributed by atoms with van der Waals surface area (Å²) >= 11 is 2.89. The van der Waals surface area contributed by atoms with E-state index >= 15 is 0 Å². The predicted molar refractivity (Wildman–Crippen MR) is 93.0 cm³/mol. The molecule has 1 aromatic carbocycles. The number of hydrogen-bond acceptors (Lipinski definition) is 6. The Hall–Kier alpha value is -1.60. The summed E-state index contributed by atoms with van der Waals surface area (Å²) in [6.07, 6.45) is 1.03. The van der Waals surface area contributed by atoms with Crippen LogP contribution in [0.1, 0.15) is 19.4 Å². The first-order valence-electron chi connectivity index (χ1n) is 7.07. The Morgan fingerprint density at radius 3 is 2.59 bits per heavy atom. The van der Waals surface area contributed by atoms with Crippen LogP contribution in [0.4, 0.5) is 10.8 Å². The van der Waals surface area contributed by atoms with E-state index in [1.54, 1.807) is 19.0 Å². The van der Waals surface area contributed by atoms with Crippen molar-refractivity contribution >= 4 is 39.8 Å². The van der Waals surface area contributed by atoms with Crippen molar-refractivity contribution in [3.63, 3.8) is 0 Å². The maximum absolute atomic E-state index is 11.9. The highest BCUT2D eigenvalue weighted by molar-refractivity contribution is 8.02. The predicted octanol–water partition coefficient (Wildman–Crippen LogP) is 3.41. The number of aryl methyl sites for hydroxylation is 1. The van der Waals surface area contributed by atoms with E-state index < -0.39 is 0 Å². The molecule has 0 saturated carbocycles. The molecule has 2 rings (SSSR count). The van der Waals surface area contributed by atoms with Crippen LogP contribution < -0.4 is 5.32 Å². The van der Waals surface area contributed by atoms with Gasteiger partial charge in [-0.1, -0.05) is 42.2 Å². The molecule has 0 fully saturated rings. The zero-order chi connectivity index (χ0) is 16.1. The fourth-order valence-corrected chi connectivity index (χ4v) is 3.88. The van der Waals surface area contributed by atoms with Gasteiger partial charge in [0.05, 0.1) is 5.25 Å². The molecule has 118 valence electrons. The number of hydrogen-bond donors (Lipinski definition) is 1. The van der Waals surface area contributed by atoms with Crippen LogP contribution in [-0.2, 0) is 11.2 Å². The molecule has 1 amide bonds. The Labute approximate surface area is 139 Å². The molecular weight excluding hydrogens is 316 g/mol. The van der Waals surface area contributed by atoms with Gasteiger partial charge in [0.2, 0.25) is 11.0 Å². The number of benzene rings is 1. The molecule has 0 spiro atoms. The molecule has 0 aliphatic heterocycles. The van der Waals surface area contributed by atoms with Gasteiger partial charge in [0.25, 0.3) is 0 Å². The molecule has 1 heterocycles. The second-order valence-corrected chi connectivity index (χ2v) is 7.61. The van der Waals surface area contributed by atoms with Crippen molar-refractivity contribution in [1.29, 1.82) is 0 Å². The summed E-state index contributed by atoms with van der Waals surface area (Å²) in [7, 11) is 3.51. The Morgan fingerprint density at radius 1 is 1.32 bits per heavy atom. The summed E-state index contributed by atoms with van der Waals surface area (Å²) < 4.78 is 0.787. The van der Waals surface area contributed by atoms with Crippen LogP contribution in [0, 0.1) is 0 Å². The lowest BCUT2D eigenvalue weighted by Crippen LogP contribution is -2.29. The number of thioether (sulfide) groups is 1. The van der Waals surface area contributed by atoms with Crippen molar-refractivity contribution < 1.29 is 4.79 Å². The summed E-state index contributed by atoms with van der Waals surface area (Å²) in [6, 6.07) is 8.25. The number of nitrogens with one attached hydrogen (secondary N) is 1. The molecule has 0 unspecified atom stereocenters. The molecule has 2 aromatic rings. The molecule has 0 radical (unpaired) electrons. The second kappa shape index (κ2) is 7.60. The fraction of sp³-hybridized carbons (Fsp3) is 0.400. The van der Waals surface area contributed by atoms with Gasteiger partial charge in [0.15, 0.2) is 4.34 Å². The van der Waals surface area contributed by atoms with Gasteiger partial charge in [-0.15, -0.1) is 10.2 Å². The van der Waals surface area contributed by atoms with Gasteiger partial charge >= 0.3 is 0 Å². The van der Waals surface area contributed by atoms with E-state index in [0.29, 0.717) is 0 Å². The van der Waals surface area contributed by atoms with Gasteiger partial charge < -0.3 is 10.2 Å². The molecule has 0 saturated heterocycles. The van der Waals surface area contributed by atoms with E-state index in [-0.39, 0.29) is 11.2 Å². The molecule has 0 aliphatic carbocycles. The van der Waals surface area contributed by atoms with E-state index in [1.807, 2.05) is 19.1 Å². The quantitative estimate of drug-likeness (QED) is 0.819. The molecular formula is C15H20N4OS2. The lowest BCUT2D eigenvalue weighted by atomic mass is 10.1. The van der Waals surface area contributed by atoms with E-state index in [0.717, 1.165) is 21.6 Å². The fourth-order valence-electron chi connectivity index (χ4n) is 1.82. The Bertz CT molecular complexity index is 625. The number of rotatable bonds is 6. The third-order valence-electron chi connectivity index (χ3n) is 3.09. The molecule has 0 aliphatic rings. The van der Waals surface area contributed by atoms with Crippen LogP contribution in [-0.4, -0.2) is 40.3 Å². The summed E-state index contributed by atoms with van der Waals surface area (Å²) in [6.45, 7) is 4.01. The lowest BCUT2D eigenvalue weighted by Gasteiger charge is -2.14. The Balaban J connectivity index is 1.97. The number of carbonyl (C=O) groups excluding carboxylic acids is 1. The normalized spacial score (nSPS) is 12.0. The van der Waals surface area contributed by atoms with E-state index in [9.17, 15) is 4.79 Å². The average molecular weight is 336 g/mol. The highest BCUT2D eigenvalue weighted by atomic mass is 32.2. The van der Waals surface area contributed by atoms with Crippen LogP contribution in [0.2, 0.25) is 0 Å². The number of carbonyl (C=O) groups is 1. The van der Waals surface area contributed by atoms with E-state index in [1.165, 1.54) is 28.7 Å². The summed E-state index contributed by atoms with van der Waals surface area (Å²) in [4.78, 5) is 13.4. The third-order valence-corrected chi connectivity index (χ3v) is 5.10. The van der Waals surface area contributed by atoms with Crippen molar-refractivity contribution in [2.24, 2.45) is 0 Å². The minimum Gasteiger partial charge on any atom is -0.348 e. The van der Waals surface area contributed by atoms with Crippen molar-refractivity contribution in [1.82, 2.24) is 15.1 Å². The van der Waals surface area contributed by atoms with Crippen LogP contribution in [0.15, 0.2) is 28.6 Å². The highest BCUT2D eigenvalue weighted by Gasteiger charge is 2.18. The lowest BCUT2D eigenvalue weighted by molar-refractivity contribution is -0.127. The van der Waals surface area contributed by atoms with Gasteiger partial charge in [-0.05, 0) is 31.0 Å². The van der Waals surface area contributed by atoms with Crippen LogP contribution >= 0.6 is 23.1 Å². The Morgan fingerprint density at radius 2 is 2.00 bits per heavy atom. The molecule has 1 aromatic heterocycles. The summed E-state index contributed by atoms with van der Waals surface area (Å²) in [5, 5.41) is 12.1. The van der Waals surface area contributed by atoms with Gasteiger partial charge in [0, 0.05) is 19.8 Å². The molecule has 0 bridgehead atoms. The zero-order valence-electron chi connectivity index (χ0n) is 13.2. The van der Waals surface area contributed by atoms with Crippen molar-refractivity contribution in [2.45, 2.75) is 29.9 Å². The maximum Gasteiger partial charge on any atom is 0.235 e. The zero-order valence-corrected chi connectivity index (χ0v) is 14.8. The highest BCUT2D eigenvalue weighted by Crippen LogP contribution is 2.30. The largest absolute Gasteiger partial charge is 0.348 e. The van der Waals surface area contributed by atoms with Crippen LogP contribution in [0.3, 0.4) is 0 Å². The molecule has 1 N–H and O–H groups in total. The standard InChI is InChI=1S/C15H20N4OS2/c1-5-11-6-8-12(9-7-11)16-14-17-18-15(22-14)21-10(2)13(20)19(3)4/h6-10H,5H2,1-4H3,(H,16,17)/t10-/m1/s1. The summed E-state index contributed by atoms with van der Waals surface area (Å²) in [5.74, 6) is 0.0739. The topological polar surface area (TPSA) is 58.1 Å². The number of aromatic nitrogens is 2. The smallest absolute Gasteiger partial charge is 0.235 e. The van der Waals surface area contributed by atoms with E-state index in [2.05, 4.69) is 34.6 Å². The summed E-state index contributed by atoms with van der Waals surface area (Å²) in [5.41, 5.74) is 2.29. The minimum absolute atomic E-state index is 0.0739. The monoisotopic (exact) mass is 336 g/mol. The van der Waals surface area contributed by atoms with Crippen LogP contribution in [0.25, 0.3) is 0 Å². The van der Waals surface area contributed by atoms with Gasteiger partial charge in [-0.2, -0.15) is 0 Å². The Kier molecular flexibility index (Phi) is 5.79. The van der Waals surface area contributed by atoms with Crippen molar-refractivity contribution in [2.75, 3.05) is 19.4 Å². The number of amides is 1.